The van der Waals surface area contributed by atoms with E-state index in [1.54, 1.807) is 6.07 Å². The first kappa shape index (κ1) is 16.4. The number of hydrogen-bond donors (Lipinski definition) is 2. The summed E-state index contributed by atoms with van der Waals surface area (Å²) in [4.78, 5) is 0. The van der Waals surface area contributed by atoms with Gasteiger partial charge in [0.25, 0.3) is 0 Å². The third-order valence-corrected chi connectivity index (χ3v) is 8.90. The van der Waals surface area contributed by atoms with Gasteiger partial charge in [-0.25, -0.2) is 0 Å². The summed E-state index contributed by atoms with van der Waals surface area (Å²) in [6, 6.07) is 4.03. The maximum atomic E-state index is 12.4. The average Bonchev–Trinajstić information content (AvgIpc) is 3.20. The van der Waals surface area contributed by atoms with Gasteiger partial charge in [-0.1, -0.05) is 19.6 Å². The molecule has 5 unspecified atom stereocenters. The topological polar surface area (TPSA) is 49.7 Å². The fourth-order valence-corrected chi connectivity index (χ4v) is 7.39. The lowest BCUT2D eigenvalue weighted by Gasteiger charge is -2.65. The molecule has 3 aliphatic carbocycles. The molecule has 1 aromatic carbocycles. The Hall–Kier alpha value is -1.52. The lowest BCUT2D eigenvalue weighted by Crippen LogP contribution is -2.80. The summed E-state index contributed by atoms with van der Waals surface area (Å²) in [6.45, 7) is 8.93. The molecular weight excluding hydrogens is 338 g/mol. The number of aliphatic hydroxyl groups is 1. The van der Waals surface area contributed by atoms with Gasteiger partial charge in [-0.2, -0.15) is 0 Å². The van der Waals surface area contributed by atoms with E-state index in [0.29, 0.717) is 11.2 Å². The van der Waals surface area contributed by atoms with E-state index in [4.69, 9.17) is 4.74 Å². The van der Waals surface area contributed by atoms with Crippen molar-refractivity contribution in [2.45, 2.75) is 68.6 Å². The molecule has 1 spiro atoms. The first-order chi connectivity index (χ1) is 12.7. The van der Waals surface area contributed by atoms with Crippen molar-refractivity contribution in [1.82, 2.24) is 0 Å². The van der Waals surface area contributed by atoms with Crippen molar-refractivity contribution in [3.05, 3.63) is 35.4 Å². The van der Waals surface area contributed by atoms with Crippen LogP contribution in [0.3, 0.4) is 0 Å². The molecule has 0 radical (unpaired) electrons. The number of aromatic hydroxyl groups is 1. The maximum Gasteiger partial charge on any atom is 0.166 e. The van der Waals surface area contributed by atoms with Gasteiger partial charge in [0, 0.05) is 23.8 Å². The Morgan fingerprint density at radius 2 is 2.04 bits per heavy atom. The van der Waals surface area contributed by atoms with Crippen LogP contribution in [0.2, 0.25) is 0 Å². The zero-order valence-electron chi connectivity index (χ0n) is 16.4. The van der Waals surface area contributed by atoms with Gasteiger partial charge >= 0.3 is 0 Å². The van der Waals surface area contributed by atoms with Crippen LogP contribution in [0.25, 0.3) is 0 Å². The van der Waals surface area contributed by atoms with E-state index in [2.05, 4.69) is 26.6 Å². The summed E-state index contributed by atoms with van der Waals surface area (Å²) >= 11 is 0. The number of benzene rings is 1. The Morgan fingerprint density at radius 1 is 1.26 bits per heavy atom. The molecule has 1 saturated heterocycles. The molecule has 27 heavy (non-hydrogen) atoms. The van der Waals surface area contributed by atoms with Crippen LogP contribution < -0.4 is 4.74 Å². The van der Waals surface area contributed by atoms with Gasteiger partial charge in [-0.05, 0) is 42.9 Å². The molecule has 0 amide bonds. The zero-order valence-corrected chi connectivity index (χ0v) is 16.4. The number of nitrogens with zero attached hydrogens (tertiary/aromatic N) is 1. The fraction of sp³-hybridized carbons (Fsp3) is 0.652. The lowest BCUT2D eigenvalue weighted by molar-refractivity contribution is -0.953. The molecule has 2 N–H and O–H groups in total. The molecule has 2 bridgehead atoms. The third-order valence-electron chi connectivity index (χ3n) is 8.90. The molecule has 144 valence electrons. The second kappa shape index (κ2) is 4.55. The second-order valence-corrected chi connectivity index (χ2v) is 10.6. The summed E-state index contributed by atoms with van der Waals surface area (Å²) in [6.07, 6.45) is 5.76. The predicted octanol–water partition coefficient (Wildman–Crippen LogP) is 3.05. The Bertz CT molecular complexity index is 890. The molecule has 2 saturated carbocycles. The Labute approximate surface area is 161 Å². The largest absolute Gasteiger partial charge is 0.504 e. The normalized spacial score (nSPS) is 45.2. The van der Waals surface area contributed by atoms with Crippen molar-refractivity contribution in [2.24, 2.45) is 5.41 Å². The van der Waals surface area contributed by atoms with Crippen molar-refractivity contribution in [3.8, 4) is 11.5 Å². The van der Waals surface area contributed by atoms with E-state index in [0.717, 1.165) is 54.4 Å². The Balaban J connectivity index is 1.59. The van der Waals surface area contributed by atoms with Crippen molar-refractivity contribution in [1.29, 1.82) is 0 Å². The van der Waals surface area contributed by atoms with Crippen LogP contribution in [0.15, 0.2) is 24.3 Å². The second-order valence-electron chi connectivity index (χ2n) is 10.6. The lowest BCUT2D eigenvalue weighted by atomic mass is 9.48. The number of rotatable bonds is 2. The number of ether oxygens (including phenoxy) is 1. The number of quaternary nitrogens is 1. The van der Waals surface area contributed by atoms with Gasteiger partial charge in [0.05, 0.1) is 25.6 Å². The maximum absolute atomic E-state index is 12.4. The Morgan fingerprint density at radius 3 is 2.78 bits per heavy atom. The van der Waals surface area contributed by atoms with Crippen molar-refractivity contribution in [2.75, 3.05) is 20.1 Å². The molecule has 5 atom stereocenters. The Kier molecular flexibility index (Phi) is 2.77. The smallest absolute Gasteiger partial charge is 0.166 e. The first-order valence-corrected chi connectivity index (χ1v) is 10.5. The minimum absolute atomic E-state index is 0.186. The molecule has 0 aromatic heterocycles. The highest BCUT2D eigenvalue weighted by atomic mass is 16.5. The van der Waals surface area contributed by atoms with E-state index in [1.165, 1.54) is 18.4 Å². The van der Waals surface area contributed by atoms with Crippen molar-refractivity contribution < 1.29 is 19.4 Å². The monoisotopic (exact) mass is 368 g/mol. The molecular formula is C23H30NO3+. The van der Waals surface area contributed by atoms with Crippen LogP contribution in [0.1, 0.15) is 50.2 Å². The molecule has 2 heterocycles. The van der Waals surface area contributed by atoms with Crippen LogP contribution in [-0.2, 0) is 11.8 Å². The molecule has 3 fully saturated rings. The van der Waals surface area contributed by atoms with Crippen molar-refractivity contribution >= 4 is 0 Å². The molecule has 2 aliphatic heterocycles. The quantitative estimate of drug-likeness (QED) is 0.623. The molecule has 6 rings (SSSR count). The van der Waals surface area contributed by atoms with E-state index in [1.807, 2.05) is 0 Å². The van der Waals surface area contributed by atoms with E-state index < -0.39 is 11.0 Å². The average molecular weight is 368 g/mol. The van der Waals surface area contributed by atoms with E-state index in [9.17, 15) is 10.2 Å². The van der Waals surface area contributed by atoms with Gasteiger partial charge in [0.15, 0.2) is 11.5 Å². The van der Waals surface area contributed by atoms with Gasteiger partial charge < -0.3 is 19.4 Å². The number of phenolic OH excluding ortho intramolecular Hbond substituents is 1. The number of phenols is 1. The van der Waals surface area contributed by atoms with Crippen LogP contribution in [-0.4, -0.2) is 52.6 Å². The number of hydrogen-bond acceptors (Lipinski definition) is 3. The highest BCUT2D eigenvalue weighted by Crippen LogP contribution is 2.67. The number of likely N-dealkylation sites (tertiary alicyclic amines) is 1. The summed E-state index contributed by atoms with van der Waals surface area (Å²) < 4.78 is 7.31. The third kappa shape index (κ3) is 1.73. The standard InChI is InChI=1S/C23H29NO3/c1-14-6-7-23(26)17-12-15-4-5-16(25)19-18(15)22(23,20(14)27-19)10-11-24(17,3)13-21(2)8-9-21/h4-5,17,20,26H,1,6-13H2,2-3H3/p+1. The fourth-order valence-electron chi connectivity index (χ4n) is 7.39. The van der Waals surface area contributed by atoms with E-state index >= 15 is 0 Å². The number of likely N-dealkylation sites (N-methyl/N-ethyl adjacent to an activating group) is 1. The summed E-state index contributed by atoms with van der Waals surface area (Å²) in [5.74, 6) is 0.821. The minimum Gasteiger partial charge on any atom is -0.504 e. The van der Waals surface area contributed by atoms with Gasteiger partial charge in [0.2, 0.25) is 0 Å². The van der Waals surface area contributed by atoms with Gasteiger partial charge in [-0.3, -0.25) is 0 Å². The van der Waals surface area contributed by atoms with Crippen LogP contribution >= 0.6 is 0 Å². The van der Waals surface area contributed by atoms with E-state index in [-0.39, 0.29) is 17.9 Å². The van der Waals surface area contributed by atoms with Crippen LogP contribution in [0, 0.1) is 5.41 Å². The first-order valence-electron chi connectivity index (χ1n) is 10.5. The van der Waals surface area contributed by atoms with Gasteiger partial charge in [0.1, 0.15) is 17.7 Å². The zero-order chi connectivity index (χ0) is 18.8. The van der Waals surface area contributed by atoms with Crippen molar-refractivity contribution in [3.63, 3.8) is 0 Å². The highest BCUT2D eigenvalue weighted by molar-refractivity contribution is 5.63. The molecule has 4 nitrogen and oxygen atoms in total. The van der Waals surface area contributed by atoms with Gasteiger partial charge in [-0.15, -0.1) is 0 Å². The minimum atomic E-state index is -0.789. The van der Waals surface area contributed by atoms with Crippen LogP contribution in [0.4, 0.5) is 0 Å². The summed E-state index contributed by atoms with van der Waals surface area (Å²) in [5.41, 5.74) is 2.66. The van der Waals surface area contributed by atoms with Crippen LogP contribution in [0.5, 0.6) is 11.5 Å². The molecule has 4 heteroatoms. The predicted molar refractivity (Wildman–Crippen MR) is 103 cm³/mol. The molecule has 1 aromatic rings. The summed E-state index contributed by atoms with van der Waals surface area (Å²) in [7, 11) is 2.37. The number of piperidine rings is 1. The summed E-state index contributed by atoms with van der Waals surface area (Å²) in [5, 5.41) is 22.9. The highest BCUT2D eigenvalue weighted by Gasteiger charge is 2.75. The SMILES string of the molecule is C=C1CCC2(O)C3Cc4ccc(O)c5c4C2(CC[N+]3(C)CC2(C)CC2)C1O5. The molecule has 5 aliphatic rings.